The Hall–Kier alpha value is -3.74. The molecule has 5 rings (SSSR count). The third-order valence-corrected chi connectivity index (χ3v) is 6.91. The fourth-order valence-electron chi connectivity index (χ4n) is 5.07. The number of esters is 1. The summed E-state index contributed by atoms with van der Waals surface area (Å²) in [6.45, 7) is 4.21. The molecule has 0 N–H and O–H groups in total. The Bertz CT molecular complexity index is 1220. The SMILES string of the molecule is CC1=CC[C@@H]2C(=O)N(c3ccc(OC(=O)[C@@H]4CC(=O)N(c5cccc(C)c5)C4)cc3)C(=O)[C@@H]2C1. The topological polar surface area (TPSA) is 84.0 Å². The lowest BCUT2D eigenvalue weighted by Crippen LogP contribution is -2.30. The van der Waals surface area contributed by atoms with Gasteiger partial charge in [-0.15, -0.1) is 0 Å². The van der Waals surface area contributed by atoms with Crippen LogP contribution in [0.25, 0.3) is 0 Å². The van der Waals surface area contributed by atoms with Crippen LogP contribution in [-0.4, -0.2) is 30.2 Å². The summed E-state index contributed by atoms with van der Waals surface area (Å²) in [5, 5.41) is 0. The molecule has 1 aliphatic carbocycles. The van der Waals surface area contributed by atoms with Crippen LogP contribution in [0.4, 0.5) is 11.4 Å². The summed E-state index contributed by atoms with van der Waals surface area (Å²) >= 11 is 0. The molecule has 3 atom stereocenters. The fraction of sp³-hybridized carbons (Fsp3) is 0.333. The van der Waals surface area contributed by atoms with E-state index in [4.69, 9.17) is 4.74 Å². The molecule has 2 aromatic carbocycles. The van der Waals surface area contributed by atoms with E-state index in [0.717, 1.165) is 16.8 Å². The number of hydrogen-bond acceptors (Lipinski definition) is 5. The van der Waals surface area contributed by atoms with Gasteiger partial charge in [0.25, 0.3) is 0 Å². The highest BCUT2D eigenvalue weighted by Crippen LogP contribution is 2.40. The summed E-state index contributed by atoms with van der Waals surface area (Å²) in [4.78, 5) is 53.8. The van der Waals surface area contributed by atoms with Gasteiger partial charge in [0.1, 0.15) is 5.75 Å². The molecule has 3 amide bonds. The summed E-state index contributed by atoms with van der Waals surface area (Å²) in [7, 11) is 0. The molecule has 2 heterocycles. The minimum Gasteiger partial charge on any atom is -0.426 e. The van der Waals surface area contributed by atoms with Crippen LogP contribution >= 0.6 is 0 Å². The number of benzene rings is 2. The molecule has 0 spiro atoms. The minimum absolute atomic E-state index is 0.0951. The molecule has 2 fully saturated rings. The van der Waals surface area contributed by atoms with Gasteiger partial charge in [0.05, 0.1) is 23.4 Å². The number of imide groups is 1. The third-order valence-electron chi connectivity index (χ3n) is 6.91. The number of amides is 3. The van der Waals surface area contributed by atoms with Gasteiger partial charge in [-0.25, -0.2) is 0 Å². The molecule has 0 bridgehead atoms. The van der Waals surface area contributed by atoms with Crippen molar-refractivity contribution in [2.24, 2.45) is 17.8 Å². The van der Waals surface area contributed by atoms with Gasteiger partial charge >= 0.3 is 5.97 Å². The number of nitrogens with zero attached hydrogens (tertiary/aromatic N) is 2. The van der Waals surface area contributed by atoms with E-state index in [1.165, 1.54) is 4.90 Å². The van der Waals surface area contributed by atoms with Crippen LogP contribution in [0.1, 0.15) is 31.7 Å². The van der Waals surface area contributed by atoms with Crippen molar-refractivity contribution < 1.29 is 23.9 Å². The largest absolute Gasteiger partial charge is 0.426 e. The lowest BCUT2D eigenvalue weighted by atomic mass is 9.82. The quantitative estimate of drug-likeness (QED) is 0.301. The van der Waals surface area contributed by atoms with Crippen LogP contribution in [-0.2, 0) is 19.2 Å². The number of allylic oxidation sites excluding steroid dienone is 2. The zero-order chi connectivity index (χ0) is 24.0. The summed E-state index contributed by atoms with van der Waals surface area (Å²) in [6, 6.07) is 14.0. The lowest BCUT2D eigenvalue weighted by Gasteiger charge is -2.18. The van der Waals surface area contributed by atoms with Crippen molar-refractivity contribution >= 4 is 35.1 Å². The Labute approximate surface area is 198 Å². The summed E-state index contributed by atoms with van der Waals surface area (Å²) in [6.07, 6.45) is 3.33. The number of fused-ring (bicyclic) bond motifs is 1. The van der Waals surface area contributed by atoms with Crippen molar-refractivity contribution in [2.75, 3.05) is 16.3 Å². The van der Waals surface area contributed by atoms with Gasteiger partial charge < -0.3 is 9.64 Å². The van der Waals surface area contributed by atoms with E-state index in [1.807, 2.05) is 44.2 Å². The first-order chi connectivity index (χ1) is 16.3. The smallest absolute Gasteiger partial charge is 0.316 e. The van der Waals surface area contributed by atoms with Crippen molar-refractivity contribution in [2.45, 2.75) is 33.1 Å². The zero-order valence-electron chi connectivity index (χ0n) is 19.2. The lowest BCUT2D eigenvalue weighted by molar-refractivity contribution is -0.139. The number of rotatable bonds is 4. The van der Waals surface area contributed by atoms with E-state index >= 15 is 0 Å². The first-order valence-electron chi connectivity index (χ1n) is 11.5. The van der Waals surface area contributed by atoms with Crippen molar-refractivity contribution in [3.05, 3.63) is 65.7 Å². The molecule has 7 heteroatoms. The van der Waals surface area contributed by atoms with Crippen LogP contribution in [0.15, 0.2) is 60.2 Å². The predicted molar refractivity (Wildman–Crippen MR) is 126 cm³/mol. The first-order valence-corrected chi connectivity index (χ1v) is 11.5. The van der Waals surface area contributed by atoms with E-state index in [1.54, 1.807) is 29.2 Å². The van der Waals surface area contributed by atoms with Crippen LogP contribution in [0.3, 0.4) is 0 Å². The molecule has 0 saturated carbocycles. The molecule has 174 valence electrons. The maximum Gasteiger partial charge on any atom is 0.316 e. The molecule has 2 saturated heterocycles. The molecule has 2 aromatic rings. The third kappa shape index (κ3) is 3.91. The number of carbonyl (C=O) groups is 4. The maximum atomic E-state index is 12.9. The second-order valence-corrected chi connectivity index (χ2v) is 9.37. The van der Waals surface area contributed by atoms with Gasteiger partial charge in [-0.2, -0.15) is 0 Å². The number of carbonyl (C=O) groups excluding carboxylic acids is 4. The normalized spacial score (nSPS) is 24.4. The highest BCUT2D eigenvalue weighted by atomic mass is 16.5. The number of ether oxygens (including phenoxy) is 1. The molecular formula is C27H26N2O5. The Morgan fingerprint density at radius 1 is 0.912 bits per heavy atom. The number of anilines is 2. The highest BCUT2D eigenvalue weighted by molar-refractivity contribution is 6.22. The van der Waals surface area contributed by atoms with Gasteiger partial charge in [0, 0.05) is 18.7 Å². The second kappa shape index (κ2) is 8.56. The highest BCUT2D eigenvalue weighted by Gasteiger charge is 2.48. The van der Waals surface area contributed by atoms with E-state index in [0.29, 0.717) is 24.3 Å². The minimum atomic E-state index is -0.562. The van der Waals surface area contributed by atoms with Gasteiger partial charge in [-0.1, -0.05) is 23.8 Å². The summed E-state index contributed by atoms with van der Waals surface area (Å²) < 4.78 is 5.52. The van der Waals surface area contributed by atoms with Gasteiger partial charge in [0.2, 0.25) is 17.7 Å². The van der Waals surface area contributed by atoms with Gasteiger partial charge in [-0.3, -0.25) is 24.1 Å². The molecule has 7 nitrogen and oxygen atoms in total. The molecule has 3 aliphatic rings. The monoisotopic (exact) mass is 458 g/mol. The standard InChI is InChI=1S/C27H26N2O5/c1-16-4-3-5-20(12-16)28-15-18(14-24(28)30)27(33)34-21-9-7-19(8-10-21)29-25(31)22-11-6-17(2)13-23(22)26(29)32/h3-10,12,18,22-23H,11,13-15H2,1-2H3/t18-,22+,23-/m1/s1. The molecule has 2 aliphatic heterocycles. The number of hydrogen-bond donors (Lipinski definition) is 0. The zero-order valence-corrected chi connectivity index (χ0v) is 19.2. The van der Waals surface area contributed by atoms with E-state index in [-0.39, 0.29) is 42.5 Å². The summed E-state index contributed by atoms with van der Waals surface area (Å²) in [5.74, 6) is -1.79. The van der Waals surface area contributed by atoms with E-state index < -0.39 is 11.9 Å². The molecule has 0 radical (unpaired) electrons. The Morgan fingerprint density at radius 2 is 1.65 bits per heavy atom. The van der Waals surface area contributed by atoms with Gasteiger partial charge in [-0.05, 0) is 68.7 Å². The van der Waals surface area contributed by atoms with Crippen LogP contribution in [0.5, 0.6) is 5.75 Å². The maximum absolute atomic E-state index is 12.9. The Morgan fingerprint density at radius 3 is 2.38 bits per heavy atom. The average molecular weight is 459 g/mol. The van der Waals surface area contributed by atoms with E-state index in [9.17, 15) is 19.2 Å². The van der Waals surface area contributed by atoms with Crippen molar-refractivity contribution in [3.8, 4) is 5.75 Å². The number of aryl methyl sites for hydroxylation is 1. The fourth-order valence-corrected chi connectivity index (χ4v) is 5.07. The Balaban J connectivity index is 1.24. The van der Waals surface area contributed by atoms with Crippen molar-refractivity contribution in [1.82, 2.24) is 0 Å². The average Bonchev–Trinajstić information content (AvgIpc) is 3.32. The summed E-state index contributed by atoms with van der Waals surface area (Å²) in [5.41, 5.74) is 3.42. The van der Waals surface area contributed by atoms with Crippen LogP contribution in [0.2, 0.25) is 0 Å². The van der Waals surface area contributed by atoms with Crippen molar-refractivity contribution in [3.63, 3.8) is 0 Å². The van der Waals surface area contributed by atoms with E-state index in [2.05, 4.69) is 0 Å². The first kappa shape index (κ1) is 22.1. The molecular weight excluding hydrogens is 432 g/mol. The van der Waals surface area contributed by atoms with Crippen molar-refractivity contribution in [1.29, 1.82) is 0 Å². The second-order valence-electron chi connectivity index (χ2n) is 9.37. The van der Waals surface area contributed by atoms with Crippen LogP contribution in [0, 0.1) is 24.7 Å². The van der Waals surface area contributed by atoms with Gasteiger partial charge in [0.15, 0.2) is 0 Å². The van der Waals surface area contributed by atoms with Crippen LogP contribution < -0.4 is 14.5 Å². The molecule has 0 unspecified atom stereocenters. The Kier molecular flexibility index (Phi) is 5.55. The predicted octanol–water partition coefficient (Wildman–Crippen LogP) is 3.80. The molecule has 34 heavy (non-hydrogen) atoms. The molecule has 0 aromatic heterocycles.